The molecule has 3 atom stereocenters. The molecule has 2 aliphatic rings. The van der Waals surface area contributed by atoms with E-state index >= 15 is 0 Å². The van der Waals surface area contributed by atoms with Crippen LogP contribution in [0.1, 0.15) is 37.7 Å². The van der Waals surface area contributed by atoms with Crippen molar-refractivity contribution in [2.75, 3.05) is 13.1 Å². The fraction of sp³-hybridized carbons (Fsp3) is 0.458. The van der Waals surface area contributed by atoms with Gasteiger partial charge in [-0.1, -0.05) is 42.0 Å². The molecule has 184 valence electrons. The van der Waals surface area contributed by atoms with Gasteiger partial charge in [0.2, 0.25) is 15.9 Å². The molecule has 1 aliphatic carbocycles. The van der Waals surface area contributed by atoms with Crippen LogP contribution < -0.4 is 15.4 Å². The number of rotatable bonds is 11. The van der Waals surface area contributed by atoms with E-state index in [2.05, 4.69) is 15.4 Å². The first-order valence-corrected chi connectivity index (χ1v) is 12.8. The summed E-state index contributed by atoms with van der Waals surface area (Å²) >= 11 is 0. The molecule has 34 heavy (non-hydrogen) atoms. The molecule has 1 heterocycles. The van der Waals surface area contributed by atoms with Gasteiger partial charge in [-0.25, -0.2) is 8.42 Å². The zero-order valence-electron chi connectivity index (χ0n) is 19.1. The maximum atomic E-state index is 13.5. The second-order valence-electron chi connectivity index (χ2n) is 8.79. The first-order valence-electron chi connectivity index (χ1n) is 11.3. The number of carboxylic acids is 1. The molecule has 10 heteroatoms. The summed E-state index contributed by atoms with van der Waals surface area (Å²) in [5, 5.41) is 14.6. The number of carbonyl (C=O) groups is 3. The Morgan fingerprint density at radius 3 is 2.53 bits per heavy atom. The number of benzene rings is 1. The van der Waals surface area contributed by atoms with Crippen LogP contribution in [0.15, 0.2) is 53.5 Å². The van der Waals surface area contributed by atoms with Crippen molar-refractivity contribution in [2.45, 2.75) is 56.0 Å². The van der Waals surface area contributed by atoms with Crippen molar-refractivity contribution in [3.8, 4) is 0 Å². The maximum Gasteiger partial charge on any atom is 0.305 e. The number of sulfonamides is 1. The van der Waals surface area contributed by atoms with Crippen LogP contribution in [0.2, 0.25) is 0 Å². The lowest BCUT2D eigenvalue weighted by molar-refractivity contribution is -0.137. The van der Waals surface area contributed by atoms with Crippen molar-refractivity contribution in [1.29, 1.82) is 0 Å². The number of allylic oxidation sites excluding steroid dienone is 4. The lowest BCUT2D eigenvalue weighted by Gasteiger charge is -2.35. The van der Waals surface area contributed by atoms with Crippen LogP contribution in [-0.4, -0.2) is 56.4 Å². The average molecular weight is 490 g/mol. The van der Waals surface area contributed by atoms with Gasteiger partial charge >= 0.3 is 5.97 Å². The topological polar surface area (TPSA) is 142 Å². The largest absolute Gasteiger partial charge is 0.481 e. The molecule has 0 bridgehead atoms. The number of carbonyl (C=O) groups excluding carboxylic acids is 2. The Hall–Kier alpha value is -2.82. The van der Waals surface area contributed by atoms with Crippen LogP contribution in [-0.2, 0) is 24.4 Å². The molecule has 0 aromatic heterocycles. The Morgan fingerprint density at radius 2 is 1.94 bits per heavy atom. The SMILES string of the molecule is Cc1ccc(S(=O)(=O)NC(CC2(C(=O)[C@@H]3CCCN3)C=CC=CC2)C(=O)NCCC(=O)O)cc1. The van der Waals surface area contributed by atoms with Gasteiger partial charge in [0.25, 0.3) is 0 Å². The number of ketones is 1. The van der Waals surface area contributed by atoms with Crippen LogP contribution >= 0.6 is 0 Å². The van der Waals surface area contributed by atoms with E-state index in [1.54, 1.807) is 24.3 Å². The second kappa shape index (κ2) is 11.1. The summed E-state index contributed by atoms with van der Waals surface area (Å²) < 4.78 is 28.7. The smallest absolute Gasteiger partial charge is 0.305 e. The average Bonchev–Trinajstić information content (AvgIpc) is 3.33. The van der Waals surface area contributed by atoms with Crippen molar-refractivity contribution in [3.05, 3.63) is 54.1 Å². The van der Waals surface area contributed by atoms with Crippen molar-refractivity contribution in [1.82, 2.24) is 15.4 Å². The van der Waals surface area contributed by atoms with Crippen LogP contribution in [0, 0.1) is 12.3 Å². The molecule has 2 unspecified atom stereocenters. The molecule has 0 saturated carbocycles. The molecule has 1 amide bonds. The quantitative estimate of drug-likeness (QED) is 0.369. The summed E-state index contributed by atoms with van der Waals surface area (Å²) in [6.07, 6.45) is 8.63. The number of carboxylic acid groups (broad SMARTS) is 1. The minimum atomic E-state index is -4.08. The molecule has 0 radical (unpaired) electrons. The third-order valence-electron chi connectivity index (χ3n) is 6.16. The first-order chi connectivity index (χ1) is 16.1. The predicted octanol–water partition coefficient (Wildman–Crippen LogP) is 1.45. The Labute approximate surface area is 199 Å². The number of hydrogen-bond acceptors (Lipinski definition) is 6. The van der Waals surface area contributed by atoms with E-state index in [0.717, 1.165) is 18.5 Å². The highest BCUT2D eigenvalue weighted by molar-refractivity contribution is 7.89. The molecule has 1 saturated heterocycles. The normalized spacial score (nSPS) is 22.9. The third-order valence-corrected chi connectivity index (χ3v) is 7.65. The van der Waals surface area contributed by atoms with Crippen LogP contribution in [0.5, 0.6) is 0 Å². The first kappa shape index (κ1) is 25.8. The number of Topliss-reactive ketones (excluding diaryl/α,β-unsaturated/α-hetero) is 1. The van der Waals surface area contributed by atoms with Crippen LogP contribution in [0.4, 0.5) is 0 Å². The fourth-order valence-corrected chi connectivity index (χ4v) is 5.49. The van der Waals surface area contributed by atoms with Gasteiger partial charge in [-0.05, 0) is 51.3 Å². The maximum absolute atomic E-state index is 13.5. The van der Waals surface area contributed by atoms with Crippen molar-refractivity contribution in [2.24, 2.45) is 5.41 Å². The van der Waals surface area contributed by atoms with Crippen molar-refractivity contribution < 1.29 is 27.9 Å². The molecular formula is C24H31N3O6S. The summed E-state index contributed by atoms with van der Waals surface area (Å²) in [6, 6.07) is 4.57. The lowest BCUT2D eigenvalue weighted by Crippen LogP contribution is -2.52. The third kappa shape index (κ3) is 6.40. The number of aliphatic carboxylic acids is 1. The van der Waals surface area contributed by atoms with Gasteiger partial charge in [0, 0.05) is 6.54 Å². The molecule has 1 fully saturated rings. The zero-order valence-corrected chi connectivity index (χ0v) is 19.9. The molecule has 9 nitrogen and oxygen atoms in total. The van der Waals surface area contributed by atoms with E-state index in [-0.39, 0.29) is 36.1 Å². The number of aryl methyl sites for hydroxylation is 1. The zero-order chi connectivity index (χ0) is 24.8. The second-order valence-corrected chi connectivity index (χ2v) is 10.5. The molecule has 4 N–H and O–H groups in total. The van der Waals surface area contributed by atoms with Crippen LogP contribution in [0.3, 0.4) is 0 Å². The van der Waals surface area contributed by atoms with Gasteiger partial charge < -0.3 is 15.7 Å². The highest BCUT2D eigenvalue weighted by Gasteiger charge is 2.44. The summed E-state index contributed by atoms with van der Waals surface area (Å²) in [7, 11) is -4.08. The number of amides is 1. The minimum Gasteiger partial charge on any atom is -0.481 e. The van der Waals surface area contributed by atoms with Gasteiger partial charge in [0.15, 0.2) is 5.78 Å². The monoisotopic (exact) mass is 489 g/mol. The lowest BCUT2D eigenvalue weighted by atomic mass is 9.71. The molecule has 1 aliphatic heterocycles. The number of nitrogens with one attached hydrogen (secondary N) is 3. The Kier molecular flexibility index (Phi) is 8.40. The molecule has 0 spiro atoms. The molecule has 3 rings (SSSR count). The molecule has 1 aromatic rings. The summed E-state index contributed by atoms with van der Waals surface area (Å²) in [5.41, 5.74) is -0.184. The fourth-order valence-electron chi connectivity index (χ4n) is 4.30. The number of hydrogen-bond donors (Lipinski definition) is 4. The molecular weight excluding hydrogens is 458 g/mol. The van der Waals surface area contributed by atoms with Gasteiger partial charge in [0.1, 0.15) is 6.04 Å². The van der Waals surface area contributed by atoms with E-state index in [4.69, 9.17) is 5.11 Å². The highest BCUT2D eigenvalue weighted by Crippen LogP contribution is 2.37. The summed E-state index contributed by atoms with van der Waals surface area (Å²) in [5.74, 6) is -1.84. The van der Waals surface area contributed by atoms with E-state index in [0.29, 0.717) is 12.8 Å². The van der Waals surface area contributed by atoms with Gasteiger partial charge in [-0.3, -0.25) is 14.4 Å². The predicted molar refractivity (Wildman–Crippen MR) is 127 cm³/mol. The summed E-state index contributed by atoms with van der Waals surface area (Å²) in [4.78, 5) is 37.4. The molecule has 1 aromatic carbocycles. The Balaban J connectivity index is 1.89. The van der Waals surface area contributed by atoms with E-state index in [1.807, 2.05) is 19.1 Å². The van der Waals surface area contributed by atoms with Crippen molar-refractivity contribution >= 4 is 27.7 Å². The Morgan fingerprint density at radius 1 is 1.21 bits per heavy atom. The minimum absolute atomic E-state index is 0.00152. The van der Waals surface area contributed by atoms with E-state index < -0.39 is 33.4 Å². The Bertz CT molecular complexity index is 1070. The standard InChI is InChI=1S/C24H31N3O6S/c1-17-7-9-18(10-8-17)34(32,33)27-20(23(31)26-15-11-21(28)29)16-24(12-3-2-4-13-24)22(30)19-6-5-14-25-19/h2-4,7-10,12,19-20,25,27H,5-6,11,13-16H2,1H3,(H,26,31)(H,28,29)/t19-,20?,24?/m0/s1. The highest BCUT2D eigenvalue weighted by atomic mass is 32.2. The van der Waals surface area contributed by atoms with Gasteiger partial charge in [0.05, 0.1) is 22.8 Å². The van der Waals surface area contributed by atoms with Crippen LogP contribution in [0.25, 0.3) is 0 Å². The van der Waals surface area contributed by atoms with E-state index in [9.17, 15) is 22.8 Å². The van der Waals surface area contributed by atoms with Crippen molar-refractivity contribution in [3.63, 3.8) is 0 Å². The van der Waals surface area contributed by atoms with Gasteiger partial charge in [-0.15, -0.1) is 0 Å². The van der Waals surface area contributed by atoms with E-state index in [1.165, 1.54) is 12.1 Å². The summed E-state index contributed by atoms with van der Waals surface area (Å²) in [6.45, 7) is 2.40. The van der Waals surface area contributed by atoms with Gasteiger partial charge in [-0.2, -0.15) is 4.72 Å².